The molecular weight excluding hydrogens is 320 g/mol. The molecule has 0 saturated carbocycles. The van der Waals surface area contributed by atoms with E-state index in [9.17, 15) is 13.2 Å². The smallest absolute Gasteiger partial charge is 0.338 e. The molecule has 0 aliphatic carbocycles. The van der Waals surface area contributed by atoms with E-state index in [4.69, 9.17) is 24.9 Å². The van der Waals surface area contributed by atoms with Crippen molar-refractivity contribution in [3.05, 3.63) is 29.8 Å². The molecule has 0 atom stereocenters. The third kappa shape index (κ3) is 7.89. The number of hydrogen-bond donors (Lipinski definition) is 0. The minimum Gasteiger partial charge on any atom is -0.491 e. The van der Waals surface area contributed by atoms with Gasteiger partial charge in [0.1, 0.15) is 12.4 Å². The van der Waals surface area contributed by atoms with Crippen LogP contribution < -0.4 is 4.74 Å². The molecule has 8 heteroatoms. The van der Waals surface area contributed by atoms with E-state index >= 15 is 0 Å². The number of halogens is 1. The average molecular weight is 337 g/mol. The molecule has 118 valence electrons. The second-order valence-electron chi connectivity index (χ2n) is 3.95. The highest BCUT2D eigenvalue weighted by Gasteiger charge is 2.06. The van der Waals surface area contributed by atoms with Crippen LogP contribution in [0, 0.1) is 0 Å². The maximum Gasteiger partial charge on any atom is 0.338 e. The standard InChI is InChI=1S/C13H17ClO6S/c1-2-19-13(15)11-3-5-12(6-4-11)20-8-7-18-9-10-21(14,16)17/h3-6H,2,7-10H2,1H3. The first-order chi connectivity index (χ1) is 9.92. The van der Waals surface area contributed by atoms with Crippen LogP contribution in [0.5, 0.6) is 5.75 Å². The van der Waals surface area contributed by atoms with Crippen molar-refractivity contribution >= 4 is 25.7 Å². The number of esters is 1. The molecule has 0 saturated heterocycles. The van der Waals surface area contributed by atoms with E-state index in [1.54, 1.807) is 31.2 Å². The summed E-state index contributed by atoms with van der Waals surface area (Å²) in [5, 5.41) is 0. The van der Waals surface area contributed by atoms with Gasteiger partial charge in [-0.1, -0.05) is 0 Å². The Balaban J connectivity index is 2.25. The third-order valence-electron chi connectivity index (χ3n) is 2.33. The number of ether oxygens (including phenoxy) is 3. The Bertz CT molecular complexity index is 540. The Kier molecular flexibility index (Phi) is 7.49. The highest BCUT2D eigenvalue weighted by atomic mass is 35.7. The molecule has 0 bridgehead atoms. The van der Waals surface area contributed by atoms with Gasteiger partial charge in [0, 0.05) is 10.7 Å². The fraction of sp³-hybridized carbons (Fsp3) is 0.462. The van der Waals surface area contributed by atoms with E-state index in [1.165, 1.54) is 0 Å². The molecule has 0 unspecified atom stereocenters. The van der Waals surface area contributed by atoms with Crippen LogP contribution in [0.4, 0.5) is 0 Å². The predicted molar refractivity (Wildman–Crippen MR) is 78.4 cm³/mol. The summed E-state index contributed by atoms with van der Waals surface area (Å²) in [7, 11) is 1.51. The van der Waals surface area contributed by atoms with Gasteiger partial charge in [-0.15, -0.1) is 0 Å². The number of hydrogen-bond acceptors (Lipinski definition) is 6. The van der Waals surface area contributed by atoms with Crippen molar-refractivity contribution < 1.29 is 27.4 Å². The molecule has 1 aromatic carbocycles. The lowest BCUT2D eigenvalue weighted by atomic mass is 10.2. The molecule has 0 radical (unpaired) electrons. The van der Waals surface area contributed by atoms with Crippen LogP contribution in [-0.2, 0) is 18.5 Å². The quantitative estimate of drug-likeness (QED) is 0.389. The lowest BCUT2D eigenvalue weighted by molar-refractivity contribution is 0.0526. The minimum atomic E-state index is -3.52. The molecule has 6 nitrogen and oxygen atoms in total. The second kappa shape index (κ2) is 8.86. The van der Waals surface area contributed by atoms with Gasteiger partial charge in [-0.2, -0.15) is 0 Å². The van der Waals surface area contributed by atoms with Gasteiger partial charge in [0.2, 0.25) is 9.05 Å². The molecular formula is C13H17ClO6S. The summed E-state index contributed by atoms with van der Waals surface area (Å²) in [6.45, 7) is 2.60. The zero-order chi connectivity index (χ0) is 15.7. The number of rotatable bonds is 9. The van der Waals surface area contributed by atoms with E-state index < -0.39 is 9.05 Å². The lowest BCUT2D eigenvalue weighted by Crippen LogP contribution is -2.12. The van der Waals surface area contributed by atoms with E-state index in [0.29, 0.717) is 17.9 Å². The maximum atomic E-state index is 11.4. The Morgan fingerprint density at radius 3 is 2.38 bits per heavy atom. The Labute approximate surface area is 128 Å². The van der Waals surface area contributed by atoms with E-state index in [2.05, 4.69) is 0 Å². The van der Waals surface area contributed by atoms with Gasteiger partial charge in [0.05, 0.1) is 31.1 Å². The molecule has 0 amide bonds. The van der Waals surface area contributed by atoms with Gasteiger partial charge in [0.25, 0.3) is 0 Å². The summed E-state index contributed by atoms with van der Waals surface area (Å²) < 4.78 is 36.6. The van der Waals surface area contributed by atoms with Crippen LogP contribution in [0.3, 0.4) is 0 Å². The summed E-state index contributed by atoms with van der Waals surface area (Å²) in [5.41, 5.74) is 0.452. The van der Waals surface area contributed by atoms with Crippen molar-refractivity contribution in [3.8, 4) is 5.75 Å². The Hall–Kier alpha value is -1.31. The van der Waals surface area contributed by atoms with Crippen LogP contribution in [0.2, 0.25) is 0 Å². The van der Waals surface area contributed by atoms with Crippen LogP contribution in [0.25, 0.3) is 0 Å². The summed E-state index contributed by atoms with van der Waals surface area (Å²) >= 11 is 0. The van der Waals surface area contributed by atoms with Gasteiger partial charge in [-0.05, 0) is 31.2 Å². The lowest BCUT2D eigenvalue weighted by Gasteiger charge is -2.07. The molecule has 0 heterocycles. The topological polar surface area (TPSA) is 78.9 Å². The average Bonchev–Trinajstić information content (AvgIpc) is 2.42. The van der Waals surface area contributed by atoms with Crippen molar-refractivity contribution in [1.29, 1.82) is 0 Å². The maximum absolute atomic E-state index is 11.4. The van der Waals surface area contributed by atoms with Crippen LogP contribution in [-0.4, -0.2) is 46.6 Å². The van der Waals surface area contributed by atoms with E-state index in [0.717, 1.165) is 0 Å². The number of carbonyl (C=O) groups excluding carboxylic acids is 1. The number of benzene rings is 1. The molecule has 0 aliphatic heterocycles. The van der Waals surface area contributed by atoms with Gasteiger partial charge in [-0.3, -0.25) is 0 Å². The largest absolute Gasteiger partial charge is 0.491 e. The highest BCUT2D eigenvalue weighted by Crippen LogP contribution is 2.12. The summed E-state index contributed by atoms with van der Waals surface area (Å²) in [6, 6.07) is 6.51. The monoisotopic (exact) mass is 336 g/mol. The first kappa shape index (κ1) is 17.7. The molecule has 0 fully saturated rings. The van der Waals surface area contributed by atoms with Crippen LogP contribution in [0.15, 0.2) is 24.3 Å². The van der Waals surface area contributed by atoms with Gasteiger partial charge < -0.3 is 14.2 Å². The zero-order valence-corrected chi connectivity index (χ0v) is 13.2. The fourth-order valence-electron chi connectivity index (χ4n) is 1.38. The van der Waals surface area contributed by atoms with Crippen molar-refractivity contribution in [2.45, 2.75) is 6.92 Å². The van der Waals surface area contributed by atoms with Crippen molar-refractivity contribution in [3.63, 3.8) is 0 Å². The molecule has 0 spiro atoms. The van der Waals surface area contributed by atoms with Gasteiger partial charge in [-0.25, -0.2) is 13.2 Å². The first-order valence-corrected chi connectivity index (χ1v) is 8.80. The van der Waals surface area contributed by atoms with Gasteiger partial charge >= 0.3 is 5.97 Å². The molecule has 1 aromatic rings. The van der Waals surface area contributed by atoms with Gasteiger partial charge in [0.15, 0.2) is 0 Å². The SMILES string of the molecule is CCOC(=O)c1ccc(OCCOCCS(=O)(=O)Cl)cc1. The molecule has 1 rings (SSSR count). The summed E-state index contributed by atoms with van der Waals surface area (Å²) in [5.74, 6) is -0.0331. The molecule has 0 aliphatic rings. The fourth-order valence-corrected chi connectivity index (χ4v) is 1.89. The molecule has 0 aromatic heterocycles. The Morgan fingerprint density at radius 2 is 1.81 bits per heavy atom. The summed E-state index contributed by atoms with van der Waals surface area (Å²) in [4.78, 5) is 11.4. The van der Waals surface area contributed by atoms with Crippen molar-refractivity contribution in [2.75, 3.05) is 32.2 Å². The van der Waals surface area contributed by atoms with Crippen LogP contribution >= 0.6 is 10.7 Å². The molecule has 21 heavy (non-hydrogen) atoms. The van der Waals surface area contributed by atoms with E-state index in [1.807, 2.05) is 0 Å². The summed E-state index contributed by atoms with van der Waals surface area (Å²) in [6.07, 6.45) is 0. The van der Waals surface area contributed by atoms with E-state index in [-0.39, 0.29) is 31.5 Å². The van der Waals surface area contributed by atoms with Crippen molar-refractivity contribution in [2.24, 2.45) is 0 Å². The normalized spacial score (nSPS) is 11.1. The molecule has 0 N–H and O–H groups in total. The van der Waals surface area contributed by atoms with Crippen LogP contribution in [0.1, 0.15) is 17.3 Å². The Morgan fingerprint density at radius 1 is 1.14 bits per heavy atom. The zero-order valence-electron chi connectivity index (χ0n) is 11.6. The highest BCUT2D eigenvalue weighted by molar-refractivity contribution is 8.13. The second-order valence-corrected chi connectivity index (χ2v) is 6.85. The predicted octanol–water partition coefficient (Wildman–Crippen LogP) is 1.83. The van der Waals surface area contributed by atoms with Crippen molar-refractivity contribution in [1.82, 2.24) is 0 Å². The minimum absolute atomic E-state index is 0.0248. The number of carbonyl (C=O) groups is 1. The first-order valence-electron chi connectivity index (χ1n) is 6.32. The third-order valence-corrected chi connectivity index (χ3v) is 3.45.